The van der Waals surface area contributed by atoms with Crippen LogP contribution < -0.4 is 0 Å². The van der Waals surface area contributed by atoms with Crippen LogP contribution in [0.2, 0.25) is 0 Å². The fraction of sp³-hybridized carbons (Fsp3) is 0.400. The number of hydrogen-bond donors (Lipinski definition) is 1. The predicted molar refractivity (Wildman–Crippen MR) is 74.5 cm³/mol. The summed E-state index contributed by atoms with van der Waals surface area (Å²) >= 11 is 0. The highest BCUT2D eigenvalue weighted by Gasteiger charge is 2.23. The van der Waals surface area contributed by atoms with E-state index in [1.54, 1.807) is 0 Å². The average Bonchev–Trinajstić information content (AvgIpc) is 2.80. The zero-order valence-electron chi connectivity index (χ0n) is 11.5. The molecule has 0 radical (unpaired) electrons. The van der Waals surface area contributed by atoms with Crippen LogP contribution in [0, 0.1) is 6.92 Å². The van der Waals surface area contributed by atoms with Crippen LogP contribution in [0.3, 0.4) is 0 Å². The van der Waals surface area contributed by atoms with E-state index >= 15 is 0 Å². The summed E-state index contributed by atoms with van der Waals surface area (Å²) in [6.45, 7) is 6.59. The van der Waals surface area contributed by atoms with Crippen molar-refractivity contribution < 1.29 is 9.90 Å². The van der Waals surface area contributed by atoms with E-state index in [4.69, 9.17) is 0 Å². The molecule has 3 rings (SSSR count). The van der Waals surface area contributed by atoms with E-state index in [0.29, 0.717) is 5.56 Å². The van der Waals surface area contributed by atoms with Crippen molar-refractivity contribution in [2.24, 2.45) is 0 Å². The molecule has 100 valence electrons. The lowest BCUT2D eigenvalue weighted by atomic mass is 10.0. The van der Waals surface area contributed by atoms with Gasteiger partial charge in [0, 0.05) is 36.2 Å². The zero-order chi connectivity index (χ0) is 13.7. The van der Waals surface area contributed by atoms with E-state index in [1.807, 2.05) is 6.92 Å². The number of carboxylic acid groups (broad SMARTS) is 1. The molecular formula is C15H18N2O2. The van der Waals surface area contributed by atoms with Crippen molar-refractivity contribution in [1.29, 1.82) is 0 Å². The monoisotopic (exact) mass is 258 g/mol. The number of hydrogen-bond acceptors (Lipinski definition) is 2. The third-order valence-corrected chi connectivity index (χ3v) is 4.06. The van der Waals surface area contributed by atoms with Crippen molar-refractivity contribution in [2.45, 2.75) is 33.5 Å². The van der Waals surface area contributed by atoms with Crippen LogP contribution >= 0.6 is 0 Å². The molecule has 4 heteroatoms. The van der Waals surface area contributed by atoms with E-state index < -0.39 is 5.97 Å². The van der Waals surface area contributed by atoms with E-state index in [0.717, 1.165) is 36.2 Å². The molecule has 0 unspecified atom stereocenters. The first kappa shape index (κ1) is 12.2. The molecular weight excluding hydrogens is 240 g/mol. The summed E-state index contributed by atoms with van der Waals surface area (Å²) in [5.74, 6) is -0.832. The SMILES string of the molecule is CCn1c(C)c(C(=O)O)c2cc3c(cc21)CN(C)C3. The summed E-state index contributed by atoms with van der Waals surface area (Å²) in [4.78, 5) is 13.7. The molecule has 2 heterocycles. The molecule has 1 aliphatic rings. The van der Waals surface area contributed by atoms with Gasteiger partial charge in [0.2, 0.25) is 0 Å². The number of fused-ring (bicyclic) bond motifs is 2. The Labute approximate surface area is 112 Å². The van der Waals surface area contributed by atoms with Crippen LogP contribution in [-0.4, -0.2) is 27.6 Å². The van der Waals surface area contributed by atoms with Gasteiger partial charge >= 0.3 is 5.97 Å². The highest BCUT2D eigenvalue weighted by molar-refractivity contribution is 6.05. The van der Waals surface area contributed by atoms with Gasteiger partial charge in [-0.15, -0.1) is 0 Å². The Bertz CT molecular complexity index is 685. The lowest BCUT2D eigenvalue weighted by Crippen LogP contribution is -2.07. The molecule has 0 bridgehead atoms. The number of aromatic nitrogens is 1. The minimum Gasteiger partial charge on any atom is -0.478 e. The highest BCUT2D eigenvalue weighted by Crippen LogP contribution is 2.32. The first-order valence-electron chi connectivity index (χ1n) is 6.59. The zero-order valence-corrected chi connectivity index (χ0v) is 11.5. The van der Waals surface area contributed by atoms with Crippen molar-refractivity contribution in [3.05, 3.63) is 34.5 Å². The Balaban J connectivity index is 2.35. The lowest BCUT2D eigenvalue weighted by molar-refractivity contribution is 0.0698. The van der Waals surface area contributed by atoms with Gasteiger partial charge in [0.15, 0.2) is 0 Å². The van der Waals surface area contributed by atoms with E-state index in [9.17, 15) is 9.90 Å². The molecule has 4 nitrogen and oxygen atoms in total. The fourth-order valence-corrected chi connectivity index (χ4v) is 3.22. The van der Waals surface area contributed by atoms with Crippen LogP contribution in [0.4, 0.5) is 0 Å². The first-order valence-corrected chi connectivity index (χ1v) is 6.59. The maximum atomic E-state index is 11.5. The molecule has 1 aromatic heterocycles. The molecule has 1 N–H and O–H groups in total. The van der Waals surface area contributed by atoms with Crippen LogP contribution in [0.15, 0.2) is 12.1 Å². The van der Waals surface area contributed by atoms with Crippen LogP contribution in [0.5, 0.6) is 0 Å². The van der Waals surface area contributed by atoms with Gasteiger partial charge in [-0.05, 0) is 44.2 Å². The summed E-state index contributed by atoms with van der Waals surface area (Å²) < 4.78 is 2.09. The second-order valence-corrected chi connectivity index (χ2v) is 5.32. The number of nitrogens with zero attached hydrogens (tertiary/aromatic N) is 2. The summed E-state index contributed by atoms with van der Waals surface area (Å²) in [5.41, 5.74) is 4.92. The van der Waals surface area contributed by atoms with Crippen molar-refractivity contribution in [2.75, 3.05) is 7.05 Å². The summed E-state index contributed by atoms with van der Waals surface area (Å²) in [6.07, 6.45) is 0. The summed E-state index contributed by atoms with van der Waals surface area (Å²) in [6, 6.07) is 4.23. The Morgan fingerprint density at radius 1 is 1.32 bits per heavy atom. The van der Waals surface area contributed by atoms with Crippen molar-refractivity contribution in [3.63, 3.8) is 0 Å². The summed E-state index contributed by atoms with van der Waals surface area (Å²) in [7, 11) is 2.09. The minimum absolute atomic E-state index is 0.453. The van der Waals surface area contributed by atoms with Gasteiger partial charge in [0.05, 0.1) is 5.56 Å². The lowest BCUT2D eigenvalue weighted by Gasteiger charge is -2.05. The Morgan fingerprint density at radius 3 is 2.53 bits per heavy atom. The molecule has 0 saturated carbocycles. The van der Waals surface area contributed by atoms with Gasteiger partial charge in [0.25, 0.3) is 0 Å². The van der Waals surface area contributed by atoms with Crippen molar-refractivity contribution in [3.8, 4) is 0 Å². The molecule has 1 aliphatic heterocycles. The second kappa shape index (κ2) is 4.10. The van der Waals surface area contributed by atoms with Gasteiger partial charge in [-0.25, -0.2) is 4.79 Å². The van der Waals surface area contributed by atoms with E-state index in [-0.39, 0.29) is 0 Å². The van der Waals surface area contributed by atoms with Crippen LogP contribution in [0.1, 0.15) is 34.1 Å². The Morgan fingerprint density at radius 2 is 1.95 bits per heavy atom. The quantitative estimate of drug-likeness (QED) is 0.900. The third-order valence-electron chi connectivity index (χ3n) is 4.06. The number of carbonyl (C=O) groups is 1. The Kier molecular flexibility index (Phi) is 2.64. The molecule has 0 fully saturated rings. The average molecular weight is 258 g/mol. The maximum absolute atomic E-state index is 11.5. The van der Waals surface area contributed by atoms with Crippen molar-refractivity contribution in [1.82, 2.24) is 9.47 Å². The normalized spacial score (nSPS) is 15.1. The van der Waals surface area contributed by atoms with E-state index in [1.165, 1.54) is 11.1 Å². The van der Waals surface area contributed by atoms with Gasteiger partial charge in [0.1, 0.15) is 0 Å². The van der Waals surface area contributed by atoms with Gasteiger partial charge in [-0.1, -0.05) is 0 Å². The van der Waals surface area contributed by atoms with E-state index in [2.05, 4.69) is 35.6 Å². The number of benzene rings is 1. The third kappa shape index (κ3) is 1.67. The van der Waals surface area contributed by atoms with Crippen LogP contribution in [0.25, 0.3) is 10.9 Å². The van der Waals surface area contributed by atoms with Crippen molar-refractivity contribution >= 4 is 16.9 Å². The number of carboxylic acids is 1. The first-order chi connectivity index (χ1) is 9.02. The molecule has 0 spiro atoms. The largest absolute Gasteiger partial charge is 0.478 e. The highest BCUT2D eigenvalue weighted by atomic mass is 16.4. The predicted octanol–water partition coefficient (Wildman–Crippen LogP) is 2.61. The molecule has 0 amide bonds. The molecule has 0 saturated heterocycles. The number of aryl methyl sites for hydroxylation is 1. The molecule has 0 atom stereocenters. The topological polar surface area (TPSA) is 45.5 Å². The minimum atomic E-state index is -0.832. The standard InChI is InChI=1S/C15H18N2O2/c1-4-17-9(2)14(15(18)19)12-5-10-7-16(3)8-11(10)6-13(12)17/h5-6H,4,7-8H2,1-3H3,(H,18,19). The maximum Gasteiger partial charge on any atom is 0.338 e. The summed E-state index contributed by atoms with van der Waals surface area (Å²) in [5, 5.41) is 10.3. The fourth-order valence-electron chi connectivity index (χ4n) is 3.22. The van der Waals surface area contributed by atoms with Gasteiger partial charge in [-0.2, -0.15) is 0 Å². The molecule has 2 aromatic rings. The van der Waals surface area contributed by atoms with Gasteiger partial charge < -0.3 is 9.67 Å². The second-order valence-electron chi connectivity index (χ2n) is 5.32. The smallest absolute Gasteiger partial charge is 0.338 e. The molecule has 1 aromatic carbocycles. The molecule has 19 heavy (non-hydrogen) atoms. The van der Waals surface area contributed by atoms with Gasteiger partial charge in [-0.3, -0.25) is 4.90 Å². The van der Waals surface area contributed by atoms with Crippen LogP contribution in [-0.2, 0) is 19.6 Å². The Hall–Kier alpha value is -1.81. The number of aromatic carboxylic acids is 1. The molecule has 0 aliphatic carbocycles. The number of rotatable bonds is 2.